The monoisotopic (exact) mass is 839 g/mol. The van der Waals surface area contributed by atoms with Gasteiger partial charge in [-0.25, -0.2) is 9.59 Å². The summed E-state index contributed by atoms with van der Waals surface area (Å²) >= 11 is 5.95. The minimum absolute atomic E-state index is 0.0334. The molecule has 7 N–H and O–H groups in total. The molecular formula is C41H54ClN7O10. The van der Waals surface area contributed by atoms with Gasteiger partial charge in [-0.2, -0.15) is 0 Å². The maximum atomic E-state index is 14.5. The molecule has 2 aliphatic rings. The molecule has 2 unspecified atom stereocenters. The molecule has 2 aromatic rings. The van der Waals surface area contributed by atoms with Gasteiger partial charge in [-0.3, -0.25) is 28.8 Å². The van der Waals surface area contributed by atoms with Gasteiger partial charge < -0.3 is 46.7 Å². The highest BCUT2D eigenvalue weighted by molar-refractivity contribution is 6.38. The fourth-order valence-corrected chi connectivity index (χ4v) is 7.21. The van der Waals surface area contributed by atoms with Gasteiger partial charge >= 0.3 is 12.2 Å². The largest absolute Gasteiger partial charge is 0.449 e. The van der Waals surface area contributed by atoms with Gasteiger partial charge in [0.05, 0.1) is 25.2 Å². The molecule has 5 atom stereocenters. The van der Waals surface area contributed by atoms with E-state index in [0.29, 0.717) is 29.8 Å². The number of alkyl carbamates (subject to hydrolysis) is 1. The number of carbonyl (C=O) groups is 8. The zero-order valence-corrected chi connectivity index (χ0v) is 34.3. The second-order valence-electron chi connectivity index (χ2n) is 15.1. The van der Waals surface area contributed by atoms with Crippen molar-refractivity contribution in [3.05, 3.63) is 65.2 Å². The number of halogens is 1. The van der Waals surface area contributed by atoms with Gasteiger partial charge in [0.1, 0.15) is 23.9 Å². The first-order valence-corrected chi connectivity index (χ1v) is 20.3. The molecule has 59 heavy (non-hydrogen) atoms. The molecule has 18 heteroatoms. The molecule has 0 aromatic heterocycles. The topological polar surface area (TPSA) is 244 Å². The van der Waals surface area contributed by atoms with Crippen LogP contribution >= 0.6 is 11.6 Å². The Labute approximate surface area is 348 Å². The number of Topliss-reactive ketones (excluding diaryl/α,β-unsaturated/α-hetero) is 1. The normalized spacial score (nSPS) is 18.1. The maximum Gasteiger partial charge on any atom is 0.412 e. The summed E-state index contributed by atoms with van der Waals surface area (Å²) in [6.45, 7) is 4.80. The standard InChI is InChI=1S/C41H54ClN7O10/c1-4-11-30(35(51)38(54)44-21-32(50)47-33(36(43)52)25-12-7-5-8-13-25)46-37(53)31-20-28(45-41(57)59-29-18-16-27(42)17-19-29)22-49(31)39(55)34(26-14-9-6-10-15-26)48-40(56)58-23-24(2)3/h5,7-8,12-13,16-19,24,26,28,30-31,33-34H,4,6,9-11,14-15,20-23H2,1-3H3,(H2,43,52)(H,44,54)(H,45,57)(H,46,53)(H,47,50)(H,48,56)/t28-,30?,31?,33+,34+/m1/s1. The average Bonchev–Trinajstić information content (AvgIpc) is 3.64. The van der Waals surface area contributed by atoms with Crippen LogP contribution in [0.25, 0.3) is 0 Å². The van der Waals surface area contributed by atoms with E-state index in [2.05, 4.69) is 26.6 Å². The van der Waals surface area contributed by atoms with Gasteiger partial charge in [-0.1, -0.05) is 88.4 Å². The average molecular weight is 840 g/mol. The Balaban J connectivity index is 1.50. The van der Waals surface area contributed by atoms with Crippen LogP contribution in [0.3, 0.4) is 0 Å². The summed E-state index contributed by atoms with van der Waals surface area (Å²) in [5.41, 5.74) is 5.89. The summed E-state index contributed by atoms with van der Waals surface area (Å²) in [4.78, 5) is 107. The first-order chi connectivity index (χ1) is 28.2. The molecule has 2 aromatic carbocycles. The summed E-state index contributed by atoms with van der Waals surface area (Å²) in [6.07, 6.45) is 2.62. The van der Waals surface area contributed by atoms with Crippen molar-refractivity contribution >= 4 is 59.1 Å². The number of amides is 7. The molecule has 17 nitrogen and oxygen atoms in total. The van der Waals surface area contributed by atoms with Crippen molar-refractivity contribution in [2.45, 2.75) is 102 Å². The third kappa shape index (κ3) is 14.0. The number of likely N-dealkylation sites (tertiary alicyclic amines) is 1. The first-order valence-electron chi connectivity index (χ1n) is 19.9. The van der Waals surface area contributed by atoms with Crippen LogP contribution in [0.1, 0.15) is 83.7 Å². The maximum absolute atomic E-state index is 14.5. The van der Waals surface area contributed by atoms with Gasteiger partial charge in [0, 0.05) is 11.6 Å². The molecular weight excluding hydrogens is 786 g/mol. The molecule has 0 radical (unpaired) electrons. The lowest BCUT2D eigenvalue weighted by Gasteiger charge is -2.34. The third-order valence-corrected chi connectivity index (χ3v) is 10.3. The lowest BCUT2D eigenvalue weighted by molar-refractivity contribution is -0.143. The molecule has 0 bridgehead atoms. The summed E-state index contributed by atoms with van der Waals surface area (Å²) < 4.78 is 10.7. The summed E-state index contributed by atoms with van der Waals surface area (Å²) in [7, 11) is 0. The Morgan fingerprint density at radius 1 is 0.881 bits per heavy atom. The Morgan fingerprint density at radius 3 is 2.19 bits per heavy atom. The molecule has 0 spiro atoms. The van der Waals surface area contributed by atoms with E-state index in [4.69, 9.17) is 26.8 Å². The Morgan fingerprint density at radius 2 is 1.56 bits per heavy atom. The predicted octanol–water partition coefficient (Wildman–Crippen LogP) is 3.04. The smallest absolute Gasteiger partial charge is 0.412 e. The van der Waals surface area contributed by atoms with Crippen LogP contribution < -0.4 is 37.1 Å². The van der Waals surface area contributed by atoms with Crippen molar-refractivity contribution in [3.63, 3.8) is 0 Å². The second kappa shape index (κ2) is 22.4. The molecule has 1 aliphatic heterocycles. The van der Waals surface area contributed by atoms with E-state index in [1.54, 1.807) is 49.4 Å². The van der Waals surface area contributed by atoms with Crippen LogP contribution in [0, 0.1) is 11.8 Å². The Hall–Kier alpha value is -5.71. The van der Waals surface area contributed by atoms with Crippen molar-refractivity contribution < 1.29 is 47.8 Å². The number of carbonyl (C=O) groups excluding carboxylic acids is 8. The Bertz CT molecular complexity index is 1810. The fraction of sp³-hybridized carbons (Fsp3) is 0.512. The number of rotatable bonds is 18. The van der Waals surface area contributed by atoms with E-state index in [1.165, 1.54) is 17.0 Å². The van der Waals surface area contributed by atoms with Gasteiger partial charge in [0.25, 0.3) is 5.91 Å². The Kier molecular flexibility index (Phi) is 17.5. The molecule has 1 saturated carbocycles. The zero-order chi connectivity index (χ0) is 43.1. The summed E-state index contributed by atoms with van der Waals surface area (Å²) in [5.74, 6) is -5.19. The number of hydrogen-bond acceptors (Lipinski definition) is 10. The third-order valence-electron chi connectivity index (χ3n) is 10.0. The van der Waals surface area contributed by atoms with Crippen LogP contribution in [-0.2, 0) is 33.5 Å². The SMILES string of the molecule is CCCC(NC(=O)C1C[C@@H](NC(=O)Oc2ccc(Cl)cc2)CN1C(=O)[C@@H](NC(=O)OCC(C)C)C1CCCCC1)C(=O)C(=O)NCC(=O)N[C@H](C(N)=O)c1ccccc1. The van der Waals surface area contributed by atoms with E-state index in [0.717, 1.165) is 19.3 Å². The summed E-state index contributed by atoms with van der Waals surface area (Å²) in [5, 5.41) is 13.2. The van der Waals surface area contributed by atoms with Crippen molar-refractivity contribution in [2.24, 2.45) is 17.6 Å². The van der Waals surface area contributed by atoms with Crippen LogP contribution in [0.15, 0.2) is 54.6 Å². The van der Waals surface area contributed by atoms with Gasteiger partial charge in [0.15, 0.2) is 0 Å². The number of nitrogens with zero attached hydrogens (tertiary/aromatic N) is 1. The molecule has 2 fully saturated rings. The van der Waals surface area contributed by atoms with E-state index in [-0.39, 0.29) is 43.6 Å². The predicted molar refractivity (Wildman–Crippen MR) is 216 cm³/mol. The van der Waals surface area contributed by atoms with Gasteiger partial charge in [-0.05, 0) is 67.3 Å². The first kappa shape index (κ1) is 46.0. The van der Waals surface area contributed by atoms with Crippen molar-refractivity contribution in [1.82, 2.24) is 31.5 Å². The van der Waals surface area contributed by atoms with Crippen LogP contribution in [0.5, 0.6) is 5.75 Å². The van der Waals surface area contributed by atoms with E-state index in [1.807, 2.05) is 13.8 Å². The second-order valence-corrected chi connectivity index (χ2v) is 15.6. The number of ketones is 1. The summed E-state index contributed by atoms with van der Waals surface area (Å²) in [6, 6.07) is 8.67. The fourth-order valence-electron chi connectivity index (χ4n) is 7.08. The zero-order valence-electron chi connectivity index (χ0n) is 33.5. The molecule has 320 valence electrons. The van der Waals surface area contributed by atoms with Crippen LogP contribution in [-0.4, -0.2) is 96.3 Å². The van der Waals surface area contributed by atoms with Crippen LogP contribution in [0.2, 0.25) is 5.02 Å². The van der Waals surface area contributed by atoms with E-state index in [9.17, 15) is 38.4 Å². The number of ether oxygens (including phenoxy) is 2. The minimum atomic E-state index is -1.35. The highest BCUT2D eigenvalue weighted by Crippen LogP contribution is 2.30. The molecule has 1 heterocycles. The van der Waals surface area contributed by atoms with Crippen LogP contribution in [0.4, 0.5) is 9.59 Å². The number of nitrogens with two attached hydrogens (primary N) is 1. The van der Waals surface area contributed by atoms with Gasteiger partial charge in [0.2, 0.25) is 29.4 Å². The lowest BCUT2D eigenvalue weighted by Crippen LogP contribution is -2.58. The quantitative estimate of drug-likeness (QED) is 0.120. The molecule has 4 rings (SSSR count). The number of hydrogen-bond donors (Lipinski definition) is 6. The number of primary amides is 1. The molecule has 1 aliphatic carbocycles. The van der Waals surface area contributed by atoms with E-state index < -0.39 is 84.3 Å². The van der Waals surface area contributed by atoms with E-state index >= 15 is 0 Å². The lowest BCUT2D eigenvalue weighted by atomic mass is 9.83. The van der Waals surface area contributed by atoms with Crippen molar-refractivity contribution in [2.75, 3.05) is 19.7 Å². The van der Waals surface area contributed by atoms with Crippen molar-refractivity contribution in [3.8, 4) is 5.75 Å². The molecule has 1 saturated heterocycles. The highest BCUT2D eigenvalue weighted by Gasteiger charge is 2.45. The minimum Gasteiger partial charge on any atom is -0.449 e. The van der Waals surface area contributed by atoms with Gasteiger partial charge in [-0.15, -0.1) is 0 Å². The number of nitrogens with one attached hydrogen (secondary N) is 5. The van der Waals surface area contributed by atoms with Crippen molar-refractivity contribution in [1.29, 1.82) is 0 Å². The number of benzene rings is 2. The highest BCUT2D eigenvalue weighted by atomic mass is 35.5. The molecule has 7 amide bonds.